The molecule has 0 bridgehead atoms. The van der Waals surface area contributed by atoms with Crippen LogP contribution in [0.3, 0.4) is 0 Å². The summed E-state index contributed by atoms with van der Waals surface area (Å²) in [6.45, 7) is 2.84. The molecule has 132 valence electrons. The van der Waals surface area contributed by atoms with Crippen LogP contribution in [0.2, 0.25) is 0 Å². The van der Waals surface area contributed by atoms with Gasteiger partial charge in [-0.15, -0.1) is 11.8 Å². The summed E-state index contributed by atoms with van der Waals surface area (Å²) in [7, 11) is 0. The molecule has 1 amide bonds. The number of fused-ring (bicyclic) bond motifs is 1. The van der Waals surface area contributed by atoms with E-state index in [0.29, 0.717) is 18.7 Å². The molecule has 0 saturated heterocycles. The van der Waals surface area contributed by atoms with E-state index in [4.69, 9.17) is 0 Å². The van der Waals surface area contributed by atoms with Crippen LogP contribution in [0.15, 0.2) is 40.0 Å². The predicted molar refractivity (Wildman–Crippen MR) is 100 cm³/mol. The van der Waals surface area contributed by atoms with E-state index in [1.54, 1.807) is 17.8 Å². The first-order valence-corrected chi connectivity index (χ1v) is 9.77. The molecule has 25 heavy (non-hydrogen) atoms. The minimum atomic E-state index is -0.109. The van der Waals surface area contributed by atoms with Crippen LogP contribution in [-0.4, -0.2) is 28.0 Å². The number of aryl methyl sites for hydroxylation is 2. The number of benzene rings is 1. The third-order valence-electron chi connectivity index (χ3n) is 4.31. The molecule has 6 heteroatoms. The van der Waals surface area contributed by atoms with Crippen molar-refractivity contribution in [2.45, 2.75) is 44.0 Å². The second-order valence-corrected chi connectivity index (χ2v) is 7.38. The number of rotatable bonds is 6. The lowest BCUT2D eigenvalue weighted by atomic mass is 9.97. The molecule has 1 aromatic heterocycles. The molecule has 0 radical (unpaired) electrons. The van der Waals surface area contributed by atoms with Crippen LogP contribution >= 0.6 is 11.8 Å². The maximum atomic E-state index is 12.4. The first-order chi connectivity index (χ1) is 12.2. The highest BCUT2D eigenvalue weighted by Gasteiger charge is 2.14. The van der Waals surface area contributed by atoms with Crippen molar-refractivity contribution in [1.29, 1.82) is 0 Å². The van der Waals surface area contributed by atoms with Crippen molar-refractivity contribution in [3.05, 3.63) is 57.5 Å². The largest absolute Gasteiger partial charge is 0.350 e. The minimum absolute atomic E-state index is 0.0863. The van der Waals surface area contributed by atoms with E-state index in [0.717, 1.165) is 47.6 Å². The van der Waals surface area contributed by atoms with Crippen molar-refractivity contribution in [3.8, 4) is 0 Å². The molecule has 5 nitrogen and oxygen atoms in total. The molecule has 1 aliphatic rings. The first-order valence-electron chi connectivity index (χ1n) is 8.79. The Morgan fingerprint density at radius 2 is 2.08 bits per heavy atom. The summed E-state index contributed by atoms with van der Waals surface area (Å²) in [6.07, 6.45) is 4.13. The SMILES string of the molecule is CCSc1ccccc1C(=O)NCCn1nc2c(cc1=O)CCCC2. The highest BCUT2D eigenvalue weighted by atomic mass is 32.2. The van der Waals surface area contributed by atoms with E-state index in [1.165, 1.54) is 4.68 Å². The molecule has 0 saturated carbocycles. The van der Waals surface area contributed by atoms with Gasteiger partial charge in [0.05, 0.1) is 17.8 Å². The van der Waals surface area contributed by atoms with Crippen LogP contribution in [0.4, 0.5) is 0 Å². The fourth-order valence-corrected chi connectivity index (χ4v) is 3.87. The van der Waals surface area contributed by atoms with Gasteiger partial charge in [0.1, 0.15) is 0 Å². The third-order valence-corrected chi connectivity index (χ3v) is 5.27. The molecule has 0 aliphatic heterocycles. The van der Waals surface area contributed by atoms with Gasteiger partial charge >= 0.3 is 0 Å². The van der Waals surface area contributed by atoms with Crippen molar-refractivity contribution >= 4 is 17.7 Å². The second kappa shape index (κ2) is 8.34. The molecule has 0 unspecified atom stereocenters. The summed E-state index contributed by atoms with van der Waals surface area (Å²) in [5.41, 5.74) is 2.71. The Morgan fingerprint density at radius 1 is 1.28 bits per heavy atom. The molecule has 1 aliphatic carbocycles. The van der Waals surface area contributed by atoms with Crippen molar-refractivity contribution in [2.24, 2.45) is 0 Å². The number of carbonyl (C=O) groups excluding carboxylic acids is 1. The summed E-state index contributed by atoms with van der Waals surface area (Å²) in [4.78, 5) is 25.6. The maximum Gasteiger partial charge on any atom is 0.267 e. The lowest BCUT2D eigenvalue weighted by Crippen LogP contribution is -2.33. The van der Waals surface area contributed by atoms with Crippen LogP contribution in [0.25, 0.3) is 0 Å². The van der Waals surface area contributed by atoms with E-state index >= 15 is 0 Å². The van der Waals surface area contributed by atoms with Crippen LogP contribution in [0, 0.1) is 0 Å². The Morgan fingerprint density at radius 3 is 2.92 bits per heavy atom. The van der Waals surface area contributed by atoms with Gasteiger partial charge < -0.3 is 5.32 Å². The number of nitrogens with zero attached hydrogens (tertiary/aromatic N) is 2. The summed E-state index contributed by atoms with van der Waals surface area (Å²) in [5, 5.41) is 7.38. The van der Waals surface area contributed by atoms with Crippen molar-refractivity contribution in [1.82, 2.24) is 15.1 Å². The monoisotopic (exact) mass is 357 g/mol. The number of aromatic nitrogens is 2. The van der Waals surface area contributed by atoms with E-state index in [2.05, 4.69) is 17.3 Å². The summed E-state index contributed by atoms with van der Waals surface area (Å²) in [6, 6.07) is 9.29. The Kier molecular flexibility index (Phi) is 5.91. The van der Waals surface area contributed by atoms with Gasteiger partial charge in [0.2, 0.25) is 0 Å². The van der Waals surface area contributed by atoms with Gasteiger partial charge in [0.15, 0.2) is 0 Å². The van der Waals surface area contributed by atoms with E-state index < -0.39 is 0 Å². The quantitative estimate of drug-likeness (QED) is 0.808. The van der Waals surface area contributed by atoms with Gasteiger partial charge in [-0.3, -0.25) is 9.59 Å². The van der Waals surface area contributed by atoms with Crippen molar-refractivity contribution in [2.75, 3.05) is 12.3 Å². The van der Waals surface area contributed by atoms with E-state index in [9.17, 15) is 9.59 Å². The Hall–Kier alpha value is -2.08. The predicted octanol–water partition coefficient (Wildman–Crippen LogP) is 2.66. The molecular weight excluding hydrogens is 334 g/mol. The number of thioether (sulfide) groups is 1. The average Bonchev–Trinajstić information content (AvgIpc) is 2.63. The molecule has 1 aromatic carbocycles. The Balaban J connectivity index is 1.63. The lowest BCUT2D eigenvalue weighted by Gasteiger charge is -2.16. The third kappa shape index (κ3) is 4.31. The fourth-order valence-electron chi connectivity index (χ4n) is 3.07. The van der Waals surface area contributed by atoms with Gasteiger partial charge in [0.25, 0.3) is 11.5 Å². The highest BCUT2D eigenvalue weighted by Crippen LogP contribution is 2.22. The Labute approximate surface area is 151 Å². The van der Waals surface area contributed by atoms with Crippen molar-refractivity contribution in [3.63, 3.8) is 0 Å². The number of carbonyl (C=O) groups is 1. The lowest BCUT2D eigenvalue weighted by molar-refractivity contribution is 0.0949. The van der Waals surface area contributed by atoms with Crippen LogP contribution in [-0.2, 0) is 19.4 Å². The maximum absolute atomic E-state index is 12.4. The molecule has 1 heterocycles. The van der Waals surface area contributed by atoms with E-state index in [1.807, 2.05) is 24.3 Å². The summed E-state index contributed by atoms with van der Waals surface area (Å²) in [5.74, 6) is 0.807. The molecule has 1 N–H and O–H groups in total. The summed E-state index contributed by atoms with van der Waals surface area (Å²) < 4.78 is 1.47. The van der Waals surface area contributed by atoms with Crippen LogP contribution < -0.4 is 10.9 Å². The van der Waals surface area contributed by atoms with Crippen LogP contribution in [0.1, 0.15) is 41.4 Å². The van der Waals surface area contributed by atoms with Gasteiger partial charge in [-0.1, -0.05) is 19.1 Å². The zero-order valence-electron chi connectivity index (χ0n) is 14.5. The highest BCUT2D eigenvalue weighted by molar-refractivity contribution is 7.99. The topological polar surface area (TPSA) is 64.0 Å². The molecule has 0 atom stereocenters. The second-order valence-electron chi connectivity index (χ2n) is 6.07. The smallest absolute Gasteiger partial charge is 0.267 e. The molecule has 2 aromatic rings. The zero-order valence-corrected chi connectivity index (χ0v) is 15.3. The molecule has 0 spiro atoms. The summed E-state index contributed by atoms with van der Waals surface area (Å²) >= 11 is 1.65. The molecule has 3 rings (SSSR count). The van der Waals surface area contributed by atoms with Gasteiger partial charge in [0, 0.05) is 17.5 Å². The zero-order chi connectivity index (χ0) is 17.6. The Bertz CT molecular complexity index is 817. The average molecular weight is 357 g/mol. The number of nitrogens with one attached hydrogen (secondary N) is 1. The van der Waals surface area contributed by atoms with E-state index in [-0.39, 0.29) is 11.5 Å². The van der Waals surface area contributed by atoms with Crippen LogP contribution in [0.5, 0.6) is 0 Å². The van der Waals surface area contributed by atoms with Crippen molar-refractivity contribution < 1.29 is 4.79 Å². The molecule has 0 fully saturated rings. The number of amides is 1. The minimum Gasteiger partial charge on any atom is -0.350 e. The standard InChI is InChI=1S/C19H23N3O2S/c1-2-25-17-10-6-4-8-15(17)19(24)20-11-12-22-18(23)13-14-7-3-5-9-16(14)21-22/h4,6,8,10,13H,2-3,5,7,9,11-12H2,1H3,(H,20,24). The normalized spacial score (nSPS) is 13.3. The fraction of sp³-hybridized carbons (Fsp3) is 0.421. The number of hydrogen-bond acceptors (Lipinski definition) is 4. The van der Waals surface area contributed by atoms with Gasteiger partial charge in [-0.2, -0.15) is 5.10 Å². The number of hydrogen-bond donors (Lipinski definition) is 1. The van der Waals surface area contributed by atoms with Gasteiger partial charge in [-0.05, 0) is 49.1 Å². The van der Waals surface area contributed by atoms with Gasteiger partial charge in [-0.25, -0.2) is 4.68 Å². The first kappa shape index (κ1) is 17.7. The molecular formula is C19H23N3O2S.